The Bertz CT molecular complexity index is 1320. The molecular formula is C26H26FN7O. The Labute approximate surface area is 203 Å². The number of nitriles is 2. The topological polar surface area (TPSA) is 101 Å². The smallest absolute Gasteiger partial charge is 0.239 e. The zero-order valence-corrected chi connectivity index (χ0v) is 19.8. The van der Waals surface area contributed by atoms with E-state index in [-0.39, 0.29) is 18.3 Å². The number of nitrogens with zero attached hydrogens (tertiary/aromatic N) is 6. The Morgan fingerprint density at radius 3 is 2.57 bits per heavy atom. The number of amides is 1. The molecule has 1 N–H and O–H groups in total. The first kappa shape index (κ1) is 23.9. The van der Waals surface area contributed by atoms with Gasteiger partial charge in [-0.05, 0) is 62.2 Å². The van der Waals surface area contributed by atoms with E-state index in [9.17, 15) is 19.7 Å². The molecule has 178 valence electrons. The molecule has 3 aromatic rings. The summed E-state index contributed by atoms with van der Waals surface area (Å²) < 4.78 is 15.3. The van der Waals surface area contributed by atoms with Crippen molar-refractivity contribution < 1.29 is 9.18 Å². The second kappa shape index (κ2) is 10.4. The van der Waals surface area contributed by atoms with Gasteiger partial charge in [0, 0.05) is 43.8 Å². The van der Waals surface area contributed by atoms with Crippen LogP contribution in [0.4, 0.5) is 16.0 Å². The van der Waals surface area contributed by atoms with E-state index in [1.54, 1.807) is 35.0 Å². The summed E-state index contributed by atoms with van der Waals surface area (Å²) in [7, 11) is 0. The van der Waals surface area contributed by atoms with E-state index in [1.807, 2.05) is 13.8 Å². The average molecular weight is 472 g/mol. The highest BCUT2D eigenvalue weighted by molar-refractivity contribution is 5.93. The number of aromatic nitrogens is 2. The van der Waals surface area contributed by atoms with Crippen molar-refractivity contribution in [1.29, 1.82) is 10.5 Å². The van der Waals surface area contributed by atoms with Gasteiger partial charge in [-0.3, -0.25) is 14.3 Å². The fourth-order valence-corrected chi connectivity index (χ4v) is 4.43. The van der Waals surface area contributed by atoms with E-state index in [2.05, 4.69) is 32.2 Å². The van der Waals surface area contributed by atoms with E-state index < -0.39 is 0 Å². The van der Waals surface area contributed by atoms with Crippen molar-refractivity contribution in [2.45, 2.75) is 20.3 Å². The summed E-state index contributed by atoms with van der Waals surface area (Å²) in [5.74, 6) is 0.473. The molecule has 1 aromatic carbocycles. The zero-order valence-electron chi connectivity index (χ0n) is 19.8. The molecule has 0 unspecified atom stereocenters. The summed E-state index contributed by atoms with van der Waals surface area (Å²) in [6, 6.07) is 13.8. The number of carbonyl (C=O) groups is 1. The Morgan fingerprint density at radius 2 is 1.86 bits per heavy atom. The van der Waals surface area contributed by atoms with Crippen LogP contribution in [0.3, 0.4) is 0 Å². The van der Waals surface area contributed by atoms with Crippen LogP contribution in [0.2, 0.25) is 0 Å². The molecule has 0 bridgehead atoms. The number of halogens is 1. The largest absolute Gasteiger partial charge is 0.354 e. The molecule has 0 spiro atoms. The van der Waals surface area contributed by atoms with Crippen molar-refractivity contribution in [2.24, 2.45) is 0 Å². The molecule has 1 fully saturated rings. The Kier molecular flexibility index (Phi) is 7.09. The molecule has 1 amide bonds. The first-order chi connectivity index (χ1) is 16.9. The summed E-state index contributed by atoms with van der Waals surface area (Å²) in [5.41, 5.74) is 3.16. The first-order valence-electron chi connectivity index (χ1n) is 11.4. The van der Waals surface area contributed by atoms with Gasteiger partial charge in [0.25, 0.3) is 0 Å². The highest BCUT2D eigenvalue weighted by atomic mass is 19.1. The maximum Gasteiger partial charge on any atom is 0.239 e. The van der Waals surface area contributed by atoms with E-state index >= 15 is 0 Å². The quantitative estimate of drug-likeness (QED) is 0.611. The van der Waals surface area contributed by atoms with Gasteiger partial charge >= 0.3 is 0 Å². The van der Waals surface area contributed by atoms with Gasteiger partial charge in [0.05, 0.1) is 17.7 Å². The number of rotatable bonds is 5. The number of anilines is 2. The van der Waals surface area contributed by atoms with Crippen LogP contribution in [0.5, 0.6) is 0 Å². The molecule has 35 heavy (non-hydrogen) atoms. The van der Waals surface area contributed by atoms with Gasteiger partial charge in [-0.25, -0.2) is 9.37 Å². The SMILES string of the molecule is Cc1c(C#N)c(NC(=O)CN2CCCN(c3ncccc3C#N)CC2)n(-c2ccc(F)cc2)c1C. The molecule has 3 heterocycles. The highest BCUT2D eigenvalue weighted by Gasteiger charge is 2.23. The third-order valence-electron chi connectivity index (χ3n) is 6.33. The lowest BCUT2D eigenvalue weighted by Gasteiger charge is -2.23. The van der Waals surface area contributed by atoms with Gasteiger partial charge < -0.3 is 10.2 Å². The third kappa shape index (κ3) is 5.01. The van der Waals surface area contributed by atoms with E-state index in [0.717, 1.165) is 30.8 Å². The molecule has 0 atom stereocenters. The van der Waals surface area contributed by atoms with Crippen LogP contribution in [0.25, 0.3) is 5.69 Å². The molecule has 2 aromatic heterocycles. The number of pyridine rings is 1. The van der Waals surface area contributed by atoms with E-state index in [1.165, 1.54) is 12.1 Å². The predicted octanol–water partition coefficient (Wildman–Crippen LogP) is 3.52. The lowest BCUT2D eigenvalue weighted by atomic mass is 10.2. The third-order valence-corrected chi connectivity index (χ3v) is 6.33. The monoisotopic (exact) mass is 471 g/mol. The van der Waals surface area contributed by atoms with Gasteiger partial charge in [-0.1, -0.05) is 0 Å². The molecule has 0 saturated carbocycles. The molecule has 9 heteroatoms. The van der Waals surface area contributed by atoms with Crippen LogP contribution in [0, 0.1) is 42.3 Å². The lowest BCUT2D eigenvalue weighted by molar-refractivity contribution is -0.117. The van der Waals surface area contributed by atoms with E-state index in [4.69, 9.17) is 0 Å². The molecule has 4 rings (SSSR count). The van der Waals surface area contributed by atoms with Crippen LogP contribution in [-0.2, 0) is 4.79 Å². The van der Waals surface area contributed by atoms with Crippen LogP contribution in [0.15, 0.2) is 42.6 Å². The summed E-state index contributed by atoms with van der Waals surface area (Å²) >= 11 is 0. The molecule has 0 aliphatic carbocycles. The predicted molar refractivity (Wildman–Crippen MR) is 131 cm³/mol. The summed E-state index contributed by atoms with van der Waals surface area (Å²) in [6.07, 6.45) is 2.50. The van der Waals surface area contributed by atoms with E-state index in [0.29, 0.717) is 41.5 Å². The molecule has 1 aliphatic heterocycles. The highest BCUT2D eigenvalue weighted by Crippen LogP contribution is 2.30. The molecule has 8 nitrogen and oxygen atoms in total. The van der Waals surface area contributed by atoms with Gasteiger partial charge in [0.15, 0.2) is 0 Å². The van der Waals surface area contributed by atoms with Crippen LogP contribution in [0.1, 0.15) is 28.8 Å². The van der Waals surface area contributed by atoms with Crippen molar-refractivity contribution in [1.82, 2.24) is 14.5 Å². The Hall–Kier alpha value is -4.21. The molecule has 0 radical (unpaired) electrons. The Balaban J connectivity index is 1.49. The second-order valence-corrected chi connectivity index (χ2v) is 8.51. The van der Waals surface area contributed by atoms with Gasteiger partial charge in [-0.15, -0.1) is 0 Å². The minimum atomic E-state index is -0.357. The number of hydrogen-bond donors (Lipinski definition) is 1. The molecule has 1 saturated heterocycles. The van der Waals surface area contributed by atoms with Crippen molar-refractivity contribution in [3.8, 4) is 17.8 Å². The standard InChI is InChI=1S/C26H26FN7O/c1-18-19(2)34(22-8-6-21(27)7-9-22)26(23(18)16-29)31-24(35)17-32-11-4-12-33(14-13-32)25-20(15-28)5-3-10-30-25/h3,5-10H,4,11-14,17H2,1-2H3,(H,31,35). The van der Waals surface area contributed by atoms with Crippen molar-refractivity contribution in [3.63, 3.8) is 0 Å². The Morgan fingerprint density at radius 1 is 1.09 bits per heavy atom. The number of benzene rings is 1. The number of hydrogen-bond acceptors (Lipinski definition) is 6. The van der Waals surface area contributed by atoms with Crippen LogP contribution in [-0.4, -0.2) is 53.1 Å². The lowest BCUT2D eigenvalue weighted by Crippen LogP contribution is -2.37. The van der Waals surface area contributed by atoms with Crippen molar-refractivity contribution >= 4 is 17.5 Å². The summed E-state index contributed by atoms with van der Waals surface area (Å²) in [6.45, 7) is 6.61. The zero-order chi connectivity index (χ0) is 24.9. The number of nitrogens with one attached hydrogen (secondary N) is 1. The van der Waals surface area contributed by atoms with Gasteiger partial charge in [0.2, 0.25) is 5.91 Å². The van der Waals surface area contributed by atoms with Gasteiger partial charge in [0.1, 0.15) is 29.6 Å². The van der Waals surface area contributed by atoms with Crippen molar-refractivity contribution in [3.05, 3.63) is 70.8 Å². The fourth-order valence-electron chi connectivity index (χ4n) is 4.43. The number of carbonyl (C=O) groups excluding carboxylic acids is 1. The van der Waals surface area contributed by atoms with Crippen molar-refractivity contribution in [2.75, 3.05) is 42.9 Å². The minimum absolute atomic E-state index is 0.165. The second-order valence-electron chi connectivity index (χ2n) is 8.51. The van der Waals surface area contributed by atoms with Crippen LogP contribution >= 0.6 is 0 Å². The fraction of sp³-hybridized carbons (Fsp3) is 0.308. The van der Waals surface area contributed by atoms with Crippen LogP contribution < -0.4 is 10.2 Å². The summed E-state index contributed by atoms with van der Waals surface area (Å²) in [5, 5.41) is 22.1. The summed E-state index contributed by atoms with van der Waals surface area (Å²) in [4.78, 5) is 21.6. The molecular weight excluding hydrogens is 445 g/mol. The molecule has 1 aliphatic rings. The maximum atomic E-state index is 13.5. The average Bonchev–Trinajstić information content (AvgIpc) is 2.99. The minimum Gasteiger partial charge on any atom is -0.354 e. The first-order valence-corrected chi connectivity index (χ1v) is 11.4. The van der Waals surface area contributed by atoms with Gasteiger partial charge in [-0.2, -0.15) is 10.5 Å². The normalized spacial score (nSPS) is 14.1. The maximum absolute atomic E-state index is 13.5.